The largest absolute Gasteiger partial charge is 0.243 e. The van der Waals surface area contributed by atoms with Gasteiger partial charge in [0.25, 0.3) is 0 Å². The van der Waals surface area contributed by atoms with Crippen LogP contribution in [-0.4, -0.2) is 25.8 Å². The molecular formula is C13H17ClFNO2S. The van der Waals surface area contributed by atoms with Gasteiger partial charge in [0.2, 0.25) is 10.0 Å². The molecule has 0 radical (unpaired) electrons. The molecule has 6 heteroatoms. The van der Waals surface area contributed by atoms with Crippen molar-refractivity contribution in [1.29, 1.82) is 0 Å². The molecule has 0 amide bonds. The number of nitrogens with zero attached hydrogens (tertiary/aromatic N) is 1. The number of sulfonamides is 1. The number of halogens is 2. The fourth-order valence-corrected chi connectivity index (χ4v) is 3.91. The molecule has 1 heterocycles. The highest BCUT2D eigenvalue weighted by atomic mass is 35.5. The van der Waals surface area contributed by atoms with Gasteiger partial charge in [0, 0.05) is 18.7 Å². The van der Waals surface area contributed by atoms with Crippen LogP contribution >= 0.6 is 11.6 Å². The first-order valence-corrected chi connectivity index (χ1v) is 8.27. The fourth-order valence-electron chi connectivity index (χ4n) is 2.19. The maximum atomic E-state index is 13.4. The molecule has 1 fully saturated rings. The van der Waals surface area contributed by atoms with Crippen molar-refractivity contribution in [3.05, 3.63) is 29.6 Å². The van der Waals surface area contributed by atoms with E-state index in [1.165, 1.54) is 16.4 Å². The van der Waals surface area contributed by atoms with Gasteiger partial charge in [-0.2, -0.15) is 4.31 Å². The first kappa shape index (κ1) is 14.8. The van der Waals surface area contributed by atoms with E-state index in [0.29, 0.717) is 19.0 Å². The van der Waals surface area contributed by atoms with Gasteiger partial charge < -0.3 is 0 Å². The minimum atomic E-state index is -3.53. The lowest BCUT2D eigenvalue weighted by Gasteiger charge is -2.29. The van der Waals surface area contributed by atoms with Gasteiger partial charge in [-0.1, -0.05) is 6.92 Å². The van der Waals surface area contributed by atoms with Gasteiger partial charge in [-0.25, -0.2) is 12.8 Å². The fraction of sp³-hybridized carbons (Fsp3) is 0.538. The second kappa shape index (κ2) is 5.77. The van der Waals surface area contributed by atoms with Crippen LogP contribution in [0.3, 0.4) is 0 Å². The first-order chi connectivity index (χ1) is 8.95. The second-order valence-corrected chi connectivity index (χ2v) is 7.18. The Morgan fingerprint density at radius 2 is 2.00 bits per heavy atom. The average molecular weight is 306 g/mol. The zero-order valence-electron chi connectivity index (χ0n) is 10.8. The van der Waals surface area contributed by atoms with E-state index in [1.54, 1.807) is 0 Å². The van der Waals surface area contributed by atoms with Crippen molar-refractivity contribution in [3.8, 4) is 0 Å². The van der Waals surface area contributed by atoms with Crippen molar-refractivity contribution in [3.63, 3.8) is 0 Å². The van der Waals surface area contributed by atoms with Crippen molar-refractivity contribution in [2.45, 2.75) is 30.5 Å². The van der Waals surface area contributed by atoms with E-state index in [-0.39, 0.29) is 16.3 Å². The van der Waals surface area contributed by atoms with Gasteiger partial charge in [0.15, 0.2) is 0 Å². The standard InChI is InChI=1S/C13H17ClFNO2S/c1-10-4-6-16(7-5-10)19(17,18)12-2-3-13(15)11(8-12)9-14/h2-3,8,10H,4-7,9H2,1H3. The van der Waals surface area contributed by atoms with E-state index < -0.39 is 15.8 Å². The molecule has 0 N–H and O–H groups in total. The molecule has 1 aromatic carbocycles. The number of alkyl halides is 1. The lowest BCUT2D eigenvalue weighted by atomic mass is 10.0. The molecule has 0 atom stereocenters. The quantitative estimate of drug-likeness (QED) is 0.805. The molecular weight excluding hydrogens is 289 g/mol. The Morgan fingerprint density at radius 1 is 1.37 bits per heavy atom. The molecule has 1 saturated heterocycles. The molecule has 0 spiro atoms. The Kier molecular flexibility index (Phi) is 4.48. The number of benzene rings is 1. The van der Waals surface area contributed by atoms with E-state index in [1.807, 2.05) is 0 Å². The molecule has 19 heavy (non-hydrogen) atoms. The molecule has 0 unspecified atom stereocenters. The summed E-state index contributed by atoms with van der Waals surface area (Å²) in [5.41, 5.74) is 0.216. The van der Waals surface area contributed by atoms with Gasteiger partial charge in [-0.05, 0) is 37.0 Å². The lowest BCUT2D eigenvalue weighted by molar-refractivity contribution is 0.288. The highest BCUT2D eigenvalue weighted by Gasteiger charge is 2.28. The number of hydrogen-bond donors (Lipinski definition) is 0. The summed E-state index contributed by atoms with van der Waals surface area (Å²) in [5.74, 6) is 0.0472. The molecule has 1 aliphatic rings. The van der Waals surface area contributed by atoms with Gasteiger partial charge in [0.05, 0.1) is 10.8 Å². The SMILES string of the molecule is CC1CCN(S(=O)(=O)c2ccc(F)c(CCl)c2)CC1. The molecule has 0 aromatic heterocycles. The maximum Gasteiger partial charge on any atom is 0.243 e. The average Bonchev–Trinajstić information content (AvgIpc) is 2.39. The van der Waals surface area contributed by atoms with Crippen LogP contribution < -0.4 is 0 Å². The van der Waals surface area contributed by atoms with Crippen molar-refractivity contribution >= 4 is 21.6 Å². The molecule has 2 rings (SSSR count). The van der Waals surface area contributed by atoms with Crippen LogP contribution in [0.5, 0.6) is 0 Å². The minimum Gasteiger partial charge on any atom is -0.207 e. The predicted octanol–water partition coefficient (Wildman–Crippen LogP) is 2.99. The van der Waals surface area contributed by atoms with Crippen molar-refractivity contribution in [1.82, 2.24) is 4.31 Å². The van der Waals surface area contributed by atoms with Gasteiger partial charge in [-0.15, -0.1) is 11.6 Å². The Labute approximate surface area is 118 Å². The Balaban J connectivity index is 2.29. The van der Waals surface area contributed by atoms with Crippen LogP contribution in [0, 0.1) is 11.7 Å². The van der Waals surface area contributed by atoms with E-state index in [9.17, 15) is 12.8 Å². The molecule has 1 aliphatic heterocycles. The lowest BCUT2D eigenvalue weighted by Crippen LogP contribution is -2.37. The molecule has 3 nitrogen and oxygen atoms in total. The topological polar surface area (TPSA) is 37.4 Å². The third-order valence-electron chi connectivity index (χ3n) is 3.54. The summed E-state index contributed by atoms with van der Waals surface area (Å²) in [6, 6.07) is 3.80. The summed E-state index contributed by atoms with van der Waals surface area (Å²) >= 11 is 5.61. The van der Waals surface area contributed by atoms with E-state index in [2.05, 4.69) is 6.92 Å². The second-order valence-electron chi connectivity index (χ2n) is 4.97. The third kappa shape index (κ3) is 3.09. The Morgan fingerprint density at radius 3 is 2.58 bits per heavy atom. The zero-order valence-corrected chi connectivity index (χ0v) is 12.3. The maximum absolute atomic E-state index is 13.4. The summed E-state index contributed by atoms with van der Waals surface area (Å²) in [4.78, 5) is 0.124. The van der Waals surface area contributed by atoms with Crippen molar-refractivity contribution in [2.75, 3.05) is 13.1 Å². The number of hydrogen-bond acceptors (Lipinski definition) is 2. The Hall–Kier alpha value is -0.650. The van der Waals surface area contributed by atoms with Crippen LogP contribution in [0.4, 0.5) is 4.39 Å². The van der Waals surface area contributed by atoms with E-state index in [4.69, 9.17) is 11.6 Å². The number of rotatable bonds is 3. The zero-order chi connectivity index (χ0) is 14.0. The molecule has 0 saturated carbocycles. The smallest absolute Gasteiger partial charge is 0.207 e. The van der Waals surface area contributed by atoms with E-state index in [0.717, 1.165) is 18.9 Å². The molecule has 0 aliphatic carbocycles. The van der Waals surface area contributed by atoms with E-state index >= 15 is 0 Å². The normalized spacial score (nSPS) is 18.7. The van der Waals surface area contributed by atoms with Crippen LogP contribution in [0.15, 0.2) is 23.1 Å². The third-order valence-corrected chi connectivity index (χ3v) is 5.72. The monoisotopic (exact) mass is 305 g/mol. The van der Waals surface area contributed by atoms with Crippen LogP contribution in [0.1, 0.15) is 25.3 Å². The highest BCUT2D eigenvalue weighted by Crippen LogP contribution is 2.25. The summed E-state index contributed by atoms with van der Waals surface area (Å²) in [7, 11) is -3.53. The van der Waals surface area contributed by atoms with Crippen LogP contribution in [0.2, 0.25) is 0 Å². The van der Waals surface area contributed by atoms with Gasteiger partial charge >= 0.3 is 0 Å². The van der Waals surface area contributed by atoms with Crippen LogP contribution in [0.25, 0.3) is 0 Å². The Bertz CT molecular complexity index is 554. The molecule has 106 valence electrons. The number of piperidine rings is 1. The van der Waals surface area contributed by atoms with Crippen molar-refractivity contribution < 1.29 is 12.8 Å². The summed E-state index contributed by atoms with van der Waals surface area (Å²) in [5, 5.41) is 0. The van der Waals surface area contributed by atoms with Gasteiger partial charge in [-0.3, -0.25) is 0 Å². The highest BCUT2D eigenvalue weighted by molar-refractivity contribution is 7.89. The molecule has 0 bridgehead atoms. The van der Waals surface area contributed by atoms with Crippen LogP contribution in [-0.2, 0) is 15.9 Å². The summed E-state index contributed by atoms with van der Waals surface area (Å²) in [6.07, 6.45) is 1.73. The van der Waals surface area contributed by atoms with Gasteiger partial charge in [0.1, 0.15) is 5.82 Å². The predicted molar refractivity (Wildman–Crippen MR) is 73.1 cm³/mol. The molecule has 1 aromatic rings. The first-order valence-electron chi connectivity index (χ1n) is 6.29. The summed E-state index contributed by atoms with van der Waals surface area (Å²) in [6.45, 7) is 3.17. The summed E-state index contributed by atoms with van der Waals surface area (Å²) < 4.78 is 39.7. The van der Waals surface area contributed by atoms with Crippen molar-refractivity contribution in [2.24, 2.45) is 5.92 Å². The minimum absolute atomic E-state index is 0.0355.